The van der Waals surface area contributed by atoms with E-state index >= 15 is 0 Å². The van der Waals surface area contributed by atoms with Crippen molar-refractivity contribution in [2.75, 3.05) is 7.11 Å². The molecule has 108 valence electrons. The zero-order valence-corrected chi connectivity index (χ0v) is 15.0. The van der Waals surface area contributed by atoms with Gasteiger partial charge in [-0.05, 0) is 17.9 Å². The number of carbonyl (C=O) groups excluding carboxylic acids is 1. The minimum atomic E-state index is -5.16. The molecule has 0 aliphatic heterocycles. The Morgan fingerprint density at radius 3 is 2.57 bits per heavy atom. The Bertz CT molecular complexity index is 625. The van der Waals surface area contributed by atoms with Crippen LogP contribution >= 0.6 is 0 Å². The van der Waals surface area contributed by atoms with E-state index in [1.807, 2.05) is 0 Å². The number of fused-ring (bicyclic) bond motifs is 1. The van der Waals surface area contributed by atoms with Crippen molar-refractivity contribution in [2.24, 2.45) is 0 Å². The van der Waals surface area contributed by atoms with Gasteiger partial charge >= 0.3 is 64.3 Å². The van der Waals surface area contributed by atoms with E-state index < -0.39 is 18.4 Å². The summed E-state index contributed by atoms with van der Waals surface area (Å²) >= 11 is 0. The summed E-state index contributed by atoms with van der Waals surface area (Å²) in [5.74, 6) is -0.553. The van der Waals surface area contributed by atoms with Gasteiger partial charge in [-0.3, -0.25) is 4.79 Å². The summed E-state index contributed by atoms with van der Waals surface area (Å²) in [6, 6.07) is 6.07. The van der Waals surface area contributed by atoms with E-state index in [9.17, 15) is 17.7 Å². The Balaban J connectivity index is 0.00000220. The minimum absolute atomic E-state index is 0. The molecule has 2 rings (SSSR count). The molecule has 0 saturated heterocycles. The molecule has 0 aliphatic rings. The number of ether oxygens (including phenoxy) is 1. The number of benzene rings is 1. The van der Waals surface area contributed by atoms with Crippen molar-refractivity contribution in [1.82, 2.24) is 0 Å². The molecule has 0 fully saturated rings. The van der Waals surface area contributed by atoms with E-state index in [2.05, 4.69) is 4.74 Å². The summed E-state index contributed by atoms with van der Waals surface area (Å²) in [6.45, 7) is -5.16. The van der Waals surface area contributed by atoms with Crippen LogP contribution < -0.4 is 56.8 Å². The number of carbonyl (C=O) groups is 1. The molecule has 0 bridgehead atoms. The van der Waals surface area contributed by atoms with Crippen LogP contribution in [-0.4, -0.2) is 20.1 Å². The molecule has 0 N–H and O–H groups in total. The zero-order chi connectivity index (χ0) is 14.8. The van der Waals surface area contributed by atoms with Gasteiger partial charge in [-0.25, -0.2) is 0 Å². The van der Waals surface area contributed by atoms with Crippen LogP contribution in [0.3, 0.4) is 0 Å². The number of esters is 1. The normalized spacial score (nSPS) is 11.2. The second-order valence-electron chi connectivity index (χ2n) is 4.44. The van der Waals surface area contributed by atoms with Gasteiger partial charge in [0.2, 0.25) is 0 Å². The molecule has 0 radical (unpaired) electrons. The van der Waals surface area contributed by atoms with Crippen molar-refractivity contribution in [1.29, 1.82) is 0 Å². The van der Waals surface area contributed by atoms with E-state index in [1.165, 1.54) is 19.2 Å². The van der Waals surface area contributed by atoms with Gasteiger partial charge in [-0.15, -0.1) is 0 Å². The van der Waals surface area contributed by atoms with E-state index in [0.717, 1.165) is 0 Å². The van der Waals surface area contributed by atoms with Gasteiger partial charge in [0.15, 0.2) is 0 Å². The minimum Gasteiger partial charge on any atom is -0.469 e. The van der Waals surface area contributed by atoms with Crippen LogP contribution in [0.1, 0.15) is 18.6 Å². The maximum atomic E-state index is 13.2. The van der Waals surface area contributed by atoms with Gasteiger partial charge in [-0.1, -0.05) is 23.7 Å². The van der Waals surface area contributed by atoms with Gasteiger partial charge in [0.05, 0.1) is 12.9 Å². The molecule has 1 aromatic carbocycles. The third-order valence-corrected chi connectivity index (χ3v) is 3.05. The second kappa shape index (κ2) is 7.82. The van der Waals surface area contributed by atoms with Crippen LogP contribution in [0.15, 0.2) is 28.7 Å². The Morgan fingerprint density at radius 2 is 1.95 bits per heavy atom. The Kier molecular flexibility index (Phi) is 6.99. The van der Waals surface area contributed by atoms with Crippen molar-refractivity contribution >= 4 is 29.4 Å². The van der Waals surface area contributed by atoms with E-state index in [0.29, 0.717) is 0 Å². The summed E-state index contributed by atoms with van der Waals surface area (Å²) in [6.07, 6.45) is 0.379. The number of hydrogen-bond donors (Lipinski definition) is 0. The molecule has 21 heavy (non-hydrogen) atoms. The van der Waals surface area contributed by atoms with Crippen molar-refractivity contribution in [3.8, 4) is 0 Å². The largest absolute Gasteiger partial charge is 1.00 e. The number of para-hydroxylation sites is 1. The van der Waals surface area contributed by atoms with Gasteiger partial charge in [0.1, 0.15) is 5.58 Å². The first-order valence-electron chi connectivity index (χ1n) is 6.20. The third-order valence-electron chi connectivity index (χ3n) is 3.05. The molecule has 3 nitrogen and oxygen atoms in total. The van der Waals surface area contributed by atoms with Crippen molar-refractivity contribution in [3.05, 3.63) is 30.0 Å². The smallest absolute Gasteiger partial charge is 0.469 e. The predicted octanol–water partition coefficient (Wildman–Crippen LogP) is -0.0131. The summed E-state index contributed by atoms with van der Waals surface area (Å²) in [5.41, 5.74) is -0.472. The molecular formula is C13H13BF3KO3. The van der Waals surface area contributed by atoms with Crippen LogP contribution in [0.5, 0.6) is 0 Å². The maximum Gasteiger partial charge on any atom is 1.00 e. The fourth-order valence-corrected chi connectivity index (χ4v) is 2.16. The summed E-state index contributed by atoms with van der Waals surface area (Å²) in [4.78, 5) is 11.0. The first-order valence-corrected chi connectivity index (χ1v) is 6.20. The van der Waals surface area contributed by atoms with Gasteiger partial charge < -0.3 is 22.1 Å². The molecule has 0 aliphatic carbocycles. The molecule has 2 aromatic rings. The molecule has 0 atom stereocenters. The average molecular weight is 324 g/mol. The molecule has 1 aromatic heterocycles. The average Bonchev–Trinajstić information content (AvgIpc) is 2.76. The van der Waals surface area contributed by atoms with Crippen LogP contribution in [0, 0.1) is 0 Å². The third kappa shape index (κ3) is 4.59. The van der Waals surface area contributed by atoms with Crippen molar-refractivity contribution < 1.29 is 78.3 Å². The van der Waals surface area contributed by atoms with Crippen LogP contribution in [0.25, 0.3) is 11.0 Å². The number of rotatable bonds is 5. The summed E-state index contributed by atoms with van der Waals surface area (Å²) in [5, 5.41) is 0.0769. The topological polar surface area (TPSA) is 39.4 Å². The van der Waals surface area contributed by atoms with Crippen LogP contribution in [0.4, 0.5) is 12.9 Å². The van der Waals surface area contributed by atoms with Gasteiger partial charge in [0.25, 0.3) is 0 Å². The molecule has 8 heteroatoms. The van der Waals surface area contributed by atoms with E-state index in [-0.39, 0.29) is 87.4 Å². The Labute approximate surface area is 162 Å². The van der Waals surface area contributed by atoms with Gasteiger partial charge in [-0.2, -0.15) is 0 Å². The van der Waals surface area contributed by atoms with E-state index in [4.69, 9.17) is 4.42 Å². The Morgan fingerprint density at radius 1 is 1.29 bits per heavy atom. The van der Waals surface area contributed by atoms with Crippen molar-refractivity contribution in [3.63, 3.8) is 0 Å². The fraction of sp³-hybridized carbons (Fsp3) is 0.308. The molecule has 0 unspecified atom stereocenters. The van der Waals surface area contributed by atoms with Crippen molar-refractivity contribution in [2.45, 2.75) is 19.3 Å². The zero-order valence-electron chi connectivity index (χ0n) is 11.9. The Hall–Kier alpha value is -0.279. The molecule has 0 saturated carbocycles. The molecular weight excluding hydrogens is 311 g/mol. The van der Waals surface area contributed by atoms with Gasteiger partial charge in [0, 0.05) is 12.8 Å². The van der Waals surface area contributed by atoms with E-state index in [1.54, 1.807) is 12.1 Å². The number of halogens is 3. The SMILES string of the molecule is COC(=O)CCCc1oc2ccccc2c1[B-](F)(F)F.[K+]. The number of methoxy groups -OCH3 is 1. The summed E-state index contributed by atoms with van der Waals surface area (Å²) in [7, 11) is 1.24. The monoisotopic (exact) mass is 324 g/mol. The summed E-state index contributed by atoms with van der Waals surface area (Å²) < 4.78 is 49.3. The number of hydrogen-bond acceptors (Lipinski definition) is 3. The molecule has 0 spiro atoms. The first kappa shape index (κ1) is 18.8. The van der Waals surface area contributed by atoms with Crippen LogP contribution in [-0.2, 0) is 16.0 Å². The van der Waals surface area contributed by atoms with Crippen LogP contribution in [0.2, 0.25) is 0 Å². The second-order valence-corrected chi connectivity index (χ2v) is 4.44. The fourth-order valence-electron chi connectivity index (χ4n) is 2.16. The maximum absolute atomic E-state index is 13.2. The number of furan rings is 1. The molecule has 1 heterocycles. The molecule has 0 amide bonds. The standard InChI is InChI=1S/C13H13BF3O3.K/c1-19-12(18)8-4-7-11-13(14(15,16)17)9-5-2-3-6-10(9)20-11;/h2-3,5-6H,4,7-8H2,1H3;/q-1;+1. The number of aryl methyl sites for hydroxylation is 1. The quantitative estimate of drug-likeness (QED) is 0.574. The predicted molar refractivity (Wildman–Crippen MR) is 69.9 cm³/mol. The first-order chi connectivity index (χ1) is 9.43.